The maximum absolute atomic E-state index is 12.0. The Morgan fingerprint density at radius 1 is 1.60 bits per heavy atom. The van der Waals surface area contributed by atoms with Crippen LogP contribution in [0.5, 0.6) is 0 Å². The molecule has 0 bridgehead atoms. The molecule has 2 rings (SSSR count). The number of hydrogen-bond acceptors (Lipinski definition) is 4. The van der Waals surface area contributed by atoms with Gasteiger partial charge in [-0.1, -0.05) is 0 Å². The average Bonchev–Trinajstić information content (AvgIpc) is 2.93. The molecule has 1 unspecified atom stereocenters. The van der Waals surface area contributed by atoms with Gasteiger partial charge in [0.05, 0.1) is 6.20 Å². The van der Waals surface area contributed by atoms with Crippen molar-refractivity contribution >= 4 is 6.09 Å². The highest BCUT2D eigenvalue weighted by molar-refractivity contribution is 5.68. The minimum atomic E-state index is -0.434. The number of hydrogen-bond donors (Lipinski definition) is 2. The van der Waals surface area contributed by atoms with Crippen LogP contribution < -0.4 is 5.32 Å². The number of aromatic amines is 1. The molecule has 1 saturated heterocycles. The summed E-state index contributed by atoms with van der Waals surface area (Å²) >= 11 is 0. The summed E-state index contributed by atoms with van der Waals surface area (Å²) in [4.78, 5) is 13.7. The summed E-state index contributed by atoms with van der Waals surface area (Å²) in [5.41, 5.74) is 1.82. The largest absolute Gasteiger partial charge is 0.444 e. The molecule has 1 aromatic rings. The summed E-state index contributed by atoms with van der Waals surface area (Å²) in [7, 11) is 0. The average molecular weight is 280 g/mol. The number of aromatic nitrogens is 2. The van der Waals surface area contributed by atoms with Crippen LogP contribution in [0.2, 0.25) is 0 Å². The maximum Gasteiger partial charge on any atom is 0.410 e. The molecule has 0 spiro atoms. The first-order valence-electron chi connectivity index (χ1n) is 7.05. The van der Waals surface area contributed by atoms with Gasteiger partial charge in [-0.05, 0) is 34.1 Å². The number of nitrogens with zero attached hydrogens (tertiary/aromatic N) is 2. The molecule has 1 atom stereocenters. The first kappa shape index (κ1) is 14.8. The minimum absolute atomic E-state index is 0.221. The number of carbonyl (C=O) groups is 1. The zero-order valence-corrected chi connectivity index (χ0v) is 12.7. The lowest BCUT2D eigenvalue weighted by atomic mass is 10.2. The lowest BCUT2D eigenvalue weighted by molar-refractivity contribution is 0.0291. The van der Waals surface area contributed by atoms with Gasteiger partial charge in [0, 0.05) is 36.9 Å². The zero-order valence-electron chi connectivity index (χ0n) is 12.7. The molecule has 0 aromatic carbocycles. The summed E-state index contributed by atoms with van der Waals surface area (Å²) in [5, 5.41) is 10.4. The van der Waals surface area contributed by atoms with Gasteiger partial charge in [-0.25, -0.2) is 4.79 Å². The normalized spacial score (nSPS) is 19.4. The summed E-state index contributed by atoms with van der Waals surface area (Å²) in [6.45, 7) is 9.89. The second-order valence-corrected chi connectivity index (χ2v) is 6.31. The molecule has 1 fully saturated rings. The van der Waals surface area contributed by atoms with E-state index in [1.165, 1.54) is 5.56 Å². The highest BCUT2D eigenvalue weighted by Crippen LogP contribution is 2.15. The topological polar surface area (TPSA) is 70.2 Å². The van der Waals surface area contributed by atoms with Crippen molar-refractivity contribution in [2.45, 2.75) is 52.3 Å². The number of ether oxygens (including phenoxy) is 1. The summed E-state index contributed by atoms with van der Waals surface area (Å²) in [6.07, 6.45) is 2.57. The molecule has 6 nitrogen and oxygen atoms in total. The van der Waals surface area contributed by atoms with Gasteiger partial charge >= 0.3 is 6.09 Å². The number of likely N-dealkylation sites (tertiary alicyclic amines) is 1. The Labute approximate surface area is 119 Å². The van der Waals surface area contributed by atoms with E-state index >= 15 is 0 Å². The van der Waals surface area contributed by atoms with E-state index in [1.54, 1.807) is 4.90 Å². The molecule has 1 aromatic heterocycles. The van der Waals surface area contributed by atoms with E-state index in [1.807, 2.05) is 33.9 Å². The lowest BCUT2D eigenvalue weighted by Crippen LogP contribution is -2.38. The molecular formula is C14H24N4O2. The Morgan fingerprint density at radius 3 is 2.95 bits per heavy atom. The molecular weight excluding hydrogens is 256 g/mol. The van der Waals surface area contributed by atoms with Gasteiger partial charge in [0.2, 0.25) is 0 Å². The van der Waals surface area contributed by atoms with Gasteiger partial charge in [-0.3, -0.25) is 5.10 Å². The van der Waals surface area contributed by atoms with Crippen molar-refractivity contribution in [1.82, 2.24) is 20.4 Å². The highest BCUT2D eigenvalue weighted by atomic mass is 16.6. The fourth-order valence-electron chi connectivity index (χ4n) is 2.23. The van der Waals surface area contributed by atoms with Crippen LogP contribution >= 0.6 is 0 Å². The number of rotatable bonds is 3. The van der Waals surface area contributed by atoms with Crippen LogP contribution in [0.25, 0.3) is 0 Å². The molecule has 0 aliphatic carbocycles. The van der Waals surface area contributed by atoms with Crippen molar-refractivity contribution in [3.63, 3.8) is 0 Å². The van der Waals surface area contributed by atoms with E-state index < -0.39 is 5.60 Å². The molecule has 6 heteroatoms. The second kappa shape index (κ2) is 5.83. The fraction of sp³-hybridized carbons (Fsp3) is 0.714. The fourth-order valence-corrected chi connectivity index (χ4v) is 2.23. The van der Waals surface area contributed by atoms with Gasteiger partial charge in [0.25, 0.3) is 0 Å². The third-order valence-corrected chi connectivity index (χ3v) is 3.36. The van der Waals surface area contributed by atoms with E-state index in [-0.39, 0.29) is 6.09 Å². The summed E-state index contributed by atoms with van der Waals surface area (Å²) in [6, 6.07) is 0.316. The number of nitrogens with one attached hydrogen (secondary N) is 2. The molecule has 0 radical (unpaired) electrons. The standard InChI is InChI=1S/C14H24N4O2/c1-10-11(8-16-17-10)7-15-12-5-6-18(9-12)13(19)20-14(2,3)4/h8,12,15H,5-7,9H2,1-4H3,(H,16,17). The van der Waals surface area contributed by atoms with E-state index in [2.05, 4.69) is 15.5 Å². The van der Waals surface area contributed by atoms with E-state index in [9.17, 15) is 4.79 Å². The van der Waals surface area contributed by atoms with Gasteiger partial charge < -0.3 is 15.0 Å². The van der Waals surface area contributed by atoms with Crippen LogP contribution in [0.1, 0.15) is 38.4 Å². The molecule has 2 heterocycles. The molecule has 1 amide bonds. The Hall–Kier alpha value is -1.56. The van der Waals surface area contributed by atoms with E-state index in [0.29, 0.717) is 12.6 Å². The SMILES string of the molecule is Cc1[nH]ncc1CNC1CCN(C(=O)OC(C)(C)C)C1. The maximum atomic E-state index is 12.0. The van der Waals surface area contributed by atoms with Crippen LogP contribution in [0, 0.1) is 6.92 Å². The number of H-pyrrole nitrogens is 1. The quantitative estimate of drug-likeness (QED) is 0.886. The predicted molar refractivity (Wildman–Crippen MR) is 76.4 cm³/mol. The smallest absolute Gasteiger partial charge is 0.410 e. The van der Waals surface area contributed by atoms with Crippen molar-refractivity contribution in [3.05, 3.63) is 17.5 Å². The van der Waals surface area contributed by atoms with Crippen LogP contribution in [0.3, 0.4) is 0 Å². The summed E-state index contributed by atoms with van der Waals surface area (Å²) < 4.78 is 5.38. The van der Waals surface area contributed by atoms with Crippen molar-refractivity contribution in [1.29, 1.82) is 0 Å². The van der Waals surface area contributed by atoms with Crippen LogP contribution in [0.15, 0.2) is 6.20 Å². The van der Waals surface area contributed by atoms with Gasteiger partial charge in [0.1, 0.15) is 5.60 Å². The predicted octanol–water partition coefficient (Wildman–Crippen LogP) is 1.82. The van der Waals surface area contributed by atoms with Crippen LogP contribution in [-0.4, -0.2) is 45.9 Å². The molecule has 1 aliphatic rings. The Kier molecular flexibility index (Phi) is 4.32. The number of amides is 1. The molecule has 0 saturated carbocycles. The lowest BCUT2D eigenvalue weighted by Gasteiger charge is -2.24. The third-order valence-electron chi connectivity index (χ3n) is 3.36. The van der Waals surface area contributed by atoms with Crippen molar-refractivity contribution in [2.24, 2.45) is 0 Å². The van der Waals surface area contributed by atoms with Crippen molar-refractivity contribution in [3.8, 4) is 0 Å². The zero-order chi connectivity index (χ0) is 14.8. The Morgan fingerprint density at radius 2 is 2.35 bits per heavy atom. The van der Waals surface area contributed by atoms with Crippen LogP contribution in [0.4, 0.5) is 4.79 Å². The first-order chi connectivity index (χ1) is 9.35. The Balaban J connectivity index is 1.78. The van der Waals surface area contributed by atoms with Crippen molar-refractivity contribution < 1.29 is 9.53 Å². The van der Waals surface area contributed by atoms with Gasteiger partial charge in [0.15, 0.2) is 0 Å². The number of aryl methyl sites for hydroxylation is 1. The molecule has 2 N–H and O–H groups in total. The minimum Gasteiger partial charge on any atom is -0.444 e. The van der Waals surface area contributed by atoms with E-state index in [4.69, 9.17) is 4.74 Å². The van der Waals surface area contributed by atoms with Crippen LogP contribution in [-0.2, 0) is 11.3 Å². The van der Waals surface area contributed by atoms with Gasteiger partial charge in [-0.2, -0.15) is 5.10 Å². The van der Waals surface area contributed by atoms with E-state index in [0.717, 1.165) is 25.2 Å². The second-order valence-electron chi connectivity index (χ2n) is 6.31. The molecule has 20 heavy (non-hydrogen) atoms. The Bertz CT molecular complexity index is 464. The monoisotopic (exact) mass is 280 g/mol. The first-order valence-corrected chi connectivity index (χ1v) is 7.05. The van der Waals surface area contributed by atoms with Gasteiger partial charge in [-0.15, -0.1) is 0 Å². The molecule has 112 valence electrons. The highest BCUT2D eigenvalue weighted by Gasteiger charge is 2.29. The van der Waals surface area contributed by atoms with Crippen molar-refractivity contribution in [2.75, 3.05) is 13.1 Å². The summed E-state index contributed by atoms with van der Waals surface area (Å²) in [5.74, 6) is 0. The third kappa shape index (κ3) is 3.96. The molecule has 1 aliphatic heterocycles. The number of carbonyl (C=O) groups excluding carboxylic acids is 1.